The minimum atomic E-state index is -0.424. The number of rotatable bonds is 6. The molecule has 0 unspecified atom stereocenters. The molecule has 1 fully saturated rings. The molecular formula is C16H24N2O3S. The number of ether oxygens (including phenoxy) is 1. The van der Waals surface area contributed by atoms with Gasteiger partial charge in [0.15, 0.2) is 5.69 Å². The van der Waals surface area contributed by atoms with Gasteiger partial charge in [0.2, 0.25) is 5.91 Å². The zero-order valence-electron chi connectivity index (χ0n) is 13.3. The number of hydrogen-bond donors (Lipinski definition) is 0. The van der Waals surface area contributed by atoms with Gasteiger partial charge in [-0.1, -0.05) is 26.2 Å². The van der Waals surface area contributed by atoms with Gasteiger partial charge in [-0.15, -0.1) is 11.3 Å². The molecule has 1 amide bonds. The van der Waals surface area contributed by atoms with E-state index in [1.54, 1.807) is 5.38 Å². The molecule has 0 atom stereocenters. The second kappa shape index (κ2) is 8.27. The lowest BCUT2D eigenvalue weighted by Gasteiger charge is -2.34. The molecule has 0 aromatic carbocycles. The van der Waals surface area contributed by atoms with Crippen molar-refractivity contribution in [2.75, 3.05) is 7.11 Å². The molecule has 0 N–H and O–H groups in total. The van der Waals surface area contributed by atoms with Crippen molar-refractivity contribution in [1.29, 1.82) is 0 Å². The van der Waals surface area contributed by atoms with Gasteiger partial charge in [0.1, 0.15) is 5.01 Å². The second-order valence-corrected chi connectivity index (χ2v) is 6.62. The fourth-order valence-corrected chi connectivity index (χ4v) is 3.66. The number of carbonyl (C=O) groups is 2. The molecule has 1 saturated carbocycles. The Bertz CT molecular complexity index is 509. The molecule has 6 heteroatoms. The van der Waals surface area contributed by atoms with Crippen LogP contribution in [0, 0.1) is 0 Å². The molecular weight excluding hydrogens is 300 g/mol. The highest BCUT2D eigenvalue weighted by Gasteiger charge is 2.26. The lowest BCUT2D eigenvalue weighted by molar-refractivity contribution is -0.135. The third-order valence-corrected chi connectivity index (χ3v) is 4.89. The molecule has 0 bridgehead atoms. The molecule has 22 heavy (non-hydrogen) atoms. The first kappa shape index (κ1) is 16.9. The third-order valence-electron chi connectivity index (χ3n) is 4.05. The summed E-state index contributed by atoms with van der Waals surface area (Å²) in [5, 5.41) is 2.50. The normalized spacial score (nSPS) is 15.5. The lowest BCUT2D eigenvalue weighted by atomic mass is 9.94. The van der Waals surface area contributed by atoms with Crippen molar-refractivity contribution in [1.82, 2.24) is 9.88 Å². The van der Waals surface area contributed by atoms with Crippen LogP contribution in [0.2, 0.25) is 0 Å². The Morgan fingerprint density at radius 2 is 2.09 bits per heavy atom. The number of aromatic nitrogens is 1. The molecule has 2 rings (SSSR count). The molecule has 0 radical (unpaired) electrons. The maximum absolute atomic E-state index is 12.5. The first-order valence-electron chi connectivity index (χ1n) is 7.98. The Hall–Kier alpha value is -1.43. The molecule has 1 aromatic heterocycles. The maximum atomic E-state index is 12.5. The standard InChI is InChI=1S/C16H24N2O3S/c1-3-7-15(19)18(12-8-5-4-6-9-12)10-14-17-13(11-22-14)16(20)21-2/h11-12H,3-10H2,1-2H3. The monoisotopic (exact) mass is 324 g/mol. The van der Waals surface area contributed by atoms with Crippen LogP contribution in [0.1, 0.15) is 67.4 Å². The Balaban J connectivity index is 2.09. The summed E-state index contributed by atoms with van der Waals surface area (Å²) in [6, 6.07) is 0.318. The van der Waals surface area contributed by atoms with Crippen molar-refractivity contribution in [3.8, 4) is 0 Å². The van der Waals surface area contributed by atoms with Gasteiger partial charge in [-0.3, -0.25) is 4.79 Å². The van der Waals surface area contributed by atoms with Gasteiger partial charge in [0.25, 0.3) is 0 Å². The van der Waals surface area contributed by atoms with E-state index in [1.807, 2.05) is 11.8 Å². The smallest absolute Gasteiger partial charge is 0.357 e. The zero-order valence-corrected chi connectivity index (χ0v) is 14.2. The van der Waals surface area contributed by atoms with E-state index in [0.29, 0.717) is 24.7 Å². The molecule has 5 nitrogen and oxygen atoms in total. The number of nitrogens with zero attached hydrogens (tertiary/aromatic N) is 2. The summed E-state index contributed by atoms with van der Waals surface area (Å²) in [5.74, 6) is -0.226. The number of amides is 1. The van der Waals surface area contributed by atoms with E-state index >= 15 is 0 Å². The van der Waals surface area contributed by atoms with E-state index in [0.717, 1.165) is 24.3 Å². The Labute approximate surface area is 135 Å². The van der Waals surface area contributed by atoms with E-state index in [4.69, 9.17) is 0 Å². The van der Waals surface area contributed by atoms with Crippen LogP contribution in [0.3, 0.4) is 0 Å². The summed E-state index contributed by atoms with van der Waals surface area (Å²) in [4.78, 5) is 30.2. The van der Waals surface area contributed by atoms with E-state index in [9.17, 15) is 9.59 Å². The Morgan fingerprint density at radius 3 is 2.73 bits per heavy atom. The second-order valence-electron chi connectivity index (χ2n) is 5.68. The SMILES string of the molecule is CCCC(=O)N(Cc1nc(C(=O)OC)cs1)C1CCCCC1. The van der Waals surface area contributed by atoms with Gasteiger partial charge >= 0.3 is 5.97 Å². The number of methoxy groups -OCH3 is 1. The summed E-state index contributed by atoms with van der Waals surface area (Å²) in [6.45, 7) is 2.53. The van der Waals surface area contributed by atoms with Crippen LogP contribution in [0.15, 0.2) is 5.38 Å². The molecule has 1 heterocycles. The van der Waals surface area contributed by atoms with Crippen molar-refractivity contribution < 1.29 is 14.3 Å². The summed E-state index contributed by atoms with van der Waals surface area (Å²) in [5.41, 5.74) is 0.328. The molecule has 122 valence electrons. The number of hydrogen-bond acceptors (Lipinski definition) is 5. The number of esters is 1. The first-order chi connectivity index (χ1) is 10.7. The lowest BCUT2D eigenvalue weighted by Crippen LogP contribution is -2.40. The van der Waals surface area contributed by atoms with Crippen LogP contribution in [-0.4, -0.2) is 34.9 Å². The van der Waals surface area contributed by atoms with Crippen molar-refractivity contribution in [2.24, 2.45) is 0 Å². The highest BCUT2D eigenvalue weighted by atomic mass is 32.1. The molecule has 0 saturated heterocycles. The molecule has 0 spiro atoms. The van der Waals surface area contributed by atoms with E-state index in [1.165, 1.54) is 37.7 Å². The highest BCUT2D eigenvalue weighted by molar-refractivity contribution is 7.09. The minimum absolute atomic E-state index is 0.198. The van der Waals surface area contributed by atoms with E-state index < -0.39 is 5.97 Å². The van der Waals surface area contributed by atoms with Crippen LogP contribution in [-0.2, 0) is 16.1 Å². The van der Waals surface area contributed by atoms with Gasteiger partial charge in [-0.2, -0.15) is 0 Å². The van der Waals surface area contributed by atoms with Crippen molar-refractivity contribution in [3.63, 3.8) is 0 Å². The van der Waals surface area contributed by atoms with E-state index in [-0.39, 0.29) is 5.91 Å². The molecule has 1 aromatic rings. The zero-order chi connectivity index (χ0) is 15.9. The number of thiazole rings is 1. The molecule has 0 aliphatic heterocycles. The van der Waals surface area contributed by atoms with Crippen LogP contribution in [0.5, 0.6) is 0 Å². The fraction of sp³-hybridized carbons (Fsp3) is 0.688. The van der Waals surface area contributed by atoms with Gasteiger partial charge in [-0.25, -0.2) is 9.78 Å². The average molecular weight is 324 g/mol. The van der Waals surface area contributed by atoms with Gasteiger partial charge in [0, 0.05) is 17.8 Å². The maximum Gasteiger partial charge on any atom is 0.357 e. The minimum Gasteiger partial charge on any atom is -0.464 e. The van der Waals surface area contributed by atoms with E-state index in [2.05, 4.69) is 9.72 Å². The molecule has 1 aliphatic carbocycles. The highest BCUT2D eigenvalue weighted by Crippen LogP contribution is 2.25. The topological polar surface area (TPSA) is 59.5 Å². The van der Waals surface area contributed by atoms with Crippen LogP contribution in [0.25, 0.3) is 0 Å². The third kappa shape index (κ3) is 4.29. The van der Waals surface area contributed by atoms with Crippen LogP contribution >= 0.6 is 11.3 Å². The number of carbonyl (C=O) groups excluding carboxylic acids is 2. The summed E-state index contributed by atoms with van der Waals surface area (Å²) >= 11 is 1.42. The average Bonchev–Trinajstić information content (AvgIpc) is 3.01. The van der Waals surface area contributed by atoms with Gasteiger partial charge in [0.05, 0.1) is 13.7 Å². The van der Waals surface area contributed by atoms with Crippen LogP contribution < -0.4 is 0 Å². The summed E-state index contributed by atoms with van der Waals surface area (Å²) in [7, 11) is 1.35. The van der Waals surface area contributed by atoms with Gasteiger partial charge < -0.3 is 9.64 Å². The quantitative estimate of drug-likeness (QED) is 0.753. The largest absolute Gasteiger partial charge is 0.464 e. The predicted octanol–water partition coefficient (Wildman–Crippen LogP) is 3.39. The summed E-state index contributed by atoms with van der Waals surface area (Å²) in [6.07, 6.45) is 7.21. The van der Waals surface area contributed by atoms with Crippen molar-refractivity contribution >= 4 is 23.2 Å². The van der Waals surface area contributed by atoms with Gasteiger partial charge in [-0.05, 0) is 19.3 Å². The molecule has 1 aliphatic rings. The van der Waals surface area contributed by atoms with Crippen LogP contribution in [0.4, 0.5) is 0 Å². The van der Waals surface area contributed by atoms with Crippen molar-refractivity contribution in [3.05, 3.63) is 16.1 Å². The predicted molar refractivity (Wildman–Crippen MR) is 85.8 cm³/mol. The summed E-state index contributed by atoms with van der Waals surface area (Å²) < 4.78 is 4.68. The Kier molecular flexibility index (Phi) is 6.36. The van der Waals surface area contributed by atoms with Crippen molar-refractivity contribution in [2.45, 2.75) is 64.5 Å². The first-order valence-corrected chi connectivity index (χ1v) is 8.85. The Morgan fingerprint density at radius 1 is 1.36 bits per heavy atom. The fourth-order valence-electron chi connectivity index (χ4n) is 2.90.